The third-order valence-electron chi connectivity index (χ3n) is 1.41. The minimum atomic E-state index is 0. The van der Waals surface area contributed by atoms with Gasteiger partial charge in [-0.25, -0.2) is 0 Å². The zero-order valence-electron chi connectivity index (χ0n) is 7.19. The van der Waals surface area contributed by atoms with E-state index in [9.17, 15) is 0 Å². The van der Waals surface area contributed by atoms with Gasteiger partial charge in [0.15, 0.2) is 0 Å². The molecule has 1 radical (unpaired) electrons. The Kier molecular flexibility index (Phi) is 16.5. The number of rotatable bonds is 6. The molecule has 0 aliphatic rings. The number of hydrogen-bond acceptors (Lipinski definition) is 1. The summed E-state index contributed by atoms with van der Waals surface area (Å²) in [6.45, 7) is 6.86. The van der Waals surface area contributed by atoms with Crippen molar-refractivity contribution >= 4 is 0 Å². The SMILES string of the molecule is CCCCNCCCC.[Nb]. The Balaban J connectivity index is 0. The molecule has 0 saturated carbocycles. The first-order valence-electron chi connectivity index (χ1n) is 4.12. The van der Waals surface area contributed by atoms with Crippen molar-refractivity contribution in [3.63, 3.8) is 0 Å². The van der Waals surface area contributed by atoms with Gasteiger partial charge in [0.1, 0.15) is 0 Å². The molecule has 1 N–H and O–H groups in total. The van der Waals surface area contributed by atoms with Crippen molar-refractivity contribution in [1.82, 2.24) is 5.32 Å². The van der Waals surface area contributed by atoms with Crippen LogP contribution in [0, 0.1) is 0 Å². The van der Waals surface area contributed by atoms with Crippen LogP contribution in [0.15, 0.2) is 0 Å². The van der Waals surface area contributed by atoms with Crippen molar-refractivity contribution in [2.75, 3.05) is 13.1 Å². The Morgan fingerprint density at radius 2 is 1.30 bits per heavy atom. The molecule has 0 aliphatic carbocycles. The maximum Gasteiger partial charge on any atom is 0 e. The molecule has 0 bridgehead atoms. The first-order chi connectivity index (χ1) is 4.41. The molecule has 0 spiro atoms. The van der Waals surface area contributed by atoms with Gasteiger partial charge in [-0.3, -0.25) is 0 Å². The summed E-state index contributed by atoms with van der Waals surface area (Å²) in [4.78, 5) is 0. The van der Waals surface area contributed by atoms with Gasteiger partial charge in [-0.2, -0.15) is 0 Å². The maximum atomic E-state index is 3.39. The monoisotopic (exact) mass is 222 g/mol. The van der Waals surface area contributed by atoms with Crippen molar-refractivity contribution in [1.29, 1.82) is 0 Å². The molecular formula is C8H19NNb. The number of hydrogen-bond donors (Lipinski definition) is 1. The molecule has 0 aromatic carbocycles. The minimum Gasteiger partial charge on any atom is -0.317 e. The fraction of sp³-hybridized carbons (Fsp3) is 1.00. The Morgan fingerprint density at radius 3 is 1.60 bits per heavy atom. The van der Waals surface area contributed by atoms with E-state index in [1.54, 1.807) is 0 Å². The molecule has 0 aromatic rings. The van der Waals surface area contributed by atoms with Crippen LogP contribution in [0.5, 0.6) is 0 Å². The molecule has 0 fully saturated rings. The Morgan fingerprint density at radius 1 is 0.900 bits per heavy atom. The standard InChI is InChI=1S/C8H19N.Nb/c1-3-5-7-9-8-6-4-2;/h9H,3-8H2,1-2H3;. The fourth-order valence-electron chi connectivity index (χ4n) is 0.729. The van der Waals surface area contributed by atoms with E-state index in [0.29, 0.717) is 0 Å². The van der Waals surface area contributed by atoms with Gasteiger partial charge in [0, 0.05) is 22.4 Å². The predicted molar refractivity (Wildman–Crippen MR) is 42.7 cm³/mol. The smallest absolute Gasteiger partial charge is 0 e. The summed E-state index contributed by atoms with van der Waals surface area (Å²) in [7, 11) is 0. The van der Waals surface area contributed by atoms with Crippen LogP contribution in [0.25, 0.3) is 0 Å². The molecular weight excluding hydrogens is 203 g/mol. The van der Waals surface area contributed by atoms with Gasteiger partial charge in [-0.05, 0) is 25.9 Å². The Labute approximate surface area is 80.5 Å². The molecule has 0 amide bonds. The summed E-state index contributed by atoms with van der Waals surface area (Å²) in [6, 6.07) is 0. The molecule has 2 heteroatoms. The largest absolute Gasteiger partial charge is 0.317 e. The average molecular weight is 222 g/mol. The summed E-state index contributed by atoms with van der Waals surface area (Å²) >= 11 is 0. The molecule has 0 rings (SSSR count). The van der Waals surface area contributed by atoms with Crippen LogP contribution in [-0.2, 0) is 22.4 Å². The van der Waals surface area contributed by atoms with Crippen molar-refractivity contribution in [3.05, 3.63) is 0 Å². The first kappa shape index (κ1) is 13.3. The molecule has 0 heterocycles. The van der Waals surface area contributed by atoms with E-state index in [-0.39, 0.29) is 22.4 Å². The van der Waals surface area contributed by atoms with E-state index < -0.39 is 0 Å². The van der Waals surface area contributed by atoms with Gasteiger partial charge in [0.05, 0.1) is 0 Å². The van der Waals surface area contributed by atoms with Crippen molar-refractivity contribution in [2.24, 2.45) is 0 Å². The zero-order valence-corrected chi connectivity index (χ0v) is 9.39. The van der Waals surface area contributed by atoms with Gasteiger partial charge < -0.3 is 5.32 Å². The first-order valence-corrected chi connectivity index (χ1v) is 4.12. The van der Waals surface area contributed by atoms with Crippen LogP contribution in [0.3, 0.4) is 0 Å². The normalized spacial score (nSPS) is 9.00. The summed E-state index contributed by atoms with van der Waals surface area (Å²) in [5, 5.41) is 3.39. The van der Waals surface area contributed by atoms with Crippen LogP contribution in [-0.4, -0.2) is 13.1 Å². The number of unbranched alkanes of at least 4 members (excludes halogenated alkanes) is 2. The minimum absolute atomic E-state index is 0. The predicted octanol–water partition coefficient (Wildman–Crippen LogP) is 2.17. The summed E-state index contributed by atoms with van der Waals surface area (Å²) < 4.78 is 0. The molecule has 1 nitrogen and oxygen atoms in total. The quantitative estimate of drug-likeness (QED) is 0.536. The van der Waals surface area contributed by atoms with Gasteiger partial charge >= 0.3 is 0 Å². The number of nitrogens with one attached hydrogen (secondary N) is 1. The molecule has 0 atom stereocenters. The van der Waals surface area contributed by atoms with Gasteiger partial charge in [-0.15, -0.1) is 0 Å². The third kappa shape index (κ3) is 11.5. The van der Waals surface area contributed by atoms with Crippen LogP contribution in [0.2, 0.25) is 0 Å². The molecule has 0 unspecified atom stereocenters. The molecule has 0 aliphatic heterocycles. The maximum absolute atomic E-state index is 3.39. The zero-order chi connectivity index (χ0) is 6.95. The van der Waals surface area contributed by atoms with Crippen molar-refractivity contribution in [3.8, 4) is 0 Å². The van der Waals surface area contributed by atoms with Crippen LogP contribution >= 0.6 is 0 Å². The van der Waals surface area contributed by atoms with Gasteiger partial charge in [0.2, 0.25) is 0 Å². The molecule has 10 heavy (non-hydrogen) atoms. The molecule has 0 saturated heterocycles. The topological polar surface area (TPSA) is 12.0 Å². The van der Waals surface area contributed by atoms with Crippen LogP contribution in [0.4, 0.5) is 0 Å². The fourth-order valence-corrected chi connectivity index (χ4v) is 0.729. The van der Waals surface area contributed by atoms with Crippen molar-refractivity contribution in [2.45, 2.75) is 39.5 Å². The second-order valence-corrected chi connectivity index (χ2v) is 2.46. The van der Waals surface area contributed by atoms with E-state index in [2.05, 4.69) is 19.2 Å². The molecule has 61 valence electrons. The van der Waals surface area contributed by atoms with E-state index in [1.165, 1.54) is 38.8 Å². The third-order valence-corrected chi connectivity index (χ3v) is 1.41. The molecule has 0 aromatic heterocycles. The van der Waals surface area contributed by atoms with E-state index >= 15 is 0 Å². The summed E-state index contributed by atoms with van der Waals surface area (Å²) in [5.41, 5.74) is 0. The van der Waals surface area contributed by atoms with E-state index in [0.717, 1.165) is 0 Å². The Hall–Kier alpha value is 0.700. The van der Waals surface area contributed by atoms with Crippen molar-refractivity contribution < 1.29 is 22.4 Å². The second-order valence-electron chi connectivity index (χ2n) is 2.46. The van der Waals surface area contributed by atoms with Crippen LogP contribution < -0.4 is 5.32 Å². The summed E-state index contributed by atoms with van der Waals surface area (Å²) in [6.07, 6.45) is 5.26. The second kappa shape index (κ2) is 12.4. The van der Waals surface area contributed by atoms with E-state index in [1.807, 2.05) is 0 Å². The average Bonchev–Trinajstić information content (AvgIpc) is 1.89. The summed E-state index contributed by atoms with van der Waals surface area (Å²) in [5.74, 6) is 0. The van der Waals surface area contributed by atoms with E-state index in [4.69, 9.17) is 0 Å². The van der Waals surface area contributed by atoms with Gasteiger partial charge in [0.25, 0.3) is 0 Å². The van der Waals surface area contributed by atoms with Crippen LogP contribution in [0.1, 0.15) is 39.5 Å². The Bertz CT molecular complexity index is 42.5. The van der Waals surface area contributed by atoms with Gasteiger partial charge in [-0.1, -0.05) is 26.7 Å².